The number of aliphatic carboxylic acids is 1. The maximum atomic E-state index is 11.4. The SMILES string of the molecule is CN(CCNC(=O)NCC[C@H](O)C(=O)O)C1CCCC1. The van der Waals surface area contributed by atoms with E-state index in [9.17, 15) is 9.59 Å². The van der Waals surface area contributed by atoms with Crippen LogP contribution >= 0.6 is 0 Å². The van der Waals surface area contributed by atoms with Gasteiger partial charge in [0, 0.05) is 32.1 Å². The van der Waals surface area contributed by atoms with Crippen LogP contribution in [0.3, 0.4) is 0 Å². The minimum Gasteiger partial charge on any atom is -0.479 e. The van der Waals surface area contributed by atoms with Crippen molar-refractivity contribution < 1.29 is 19.8 Å². The van der Waals surface area contributed by atoms with Gasteiger partial charge in [-0.15, -0.1) is 0 Å². The van der Waals surface area contributed by atoms with Crippen molar-refractivity contribution in [2.24, 2.45) is 0 Å². The smallest absolute Gasteiger partial charge is 0.332 e. The quantitative estimate of drug-likeness (QED) is 0.503. The molecule has 1 aliphatic rings. The summed E-state index contributed by atoms with van der Waals surface area (Å²) in [7, 11) is 2.07. The van der Waals surface area contributed by atoms with Gasteiger partial charge in [0.1, 0.15) is 0 Å². The van der Waals surface area contributed by atoms with Crippen molar-refractivity contribution in [3.8, 4) is 0 Å². The summed E-state index contributed by atoms with van der Waals surface area (Å²) in [6.07, 6.45) is 3.61. The Labute approximate surface area is 119 Å². The molecule has 1 fully saturated rings. The highest BCUT2D eigenvalue weighted by molar-refractivity contribution is 5.74. The summed E-state index contributed by atoms with van der Waals surface area (Å²) >= 11 is 0. The van der Waals surface area contributed by atoms with Crippen LogP contribution in [0.15, 0.2) is 0 Å². The van der Waals surface area contributed by atoms with E-state index in [1.807, 2.05) is 0 Å². The highest BCUT2D eigenvalue weighted by atomic mass is 16.4. The van der Waals surface area contributed by atoms with E-state index in [0.717, 1.165) is 6.54 Å². The summed E-state index contributed by atoms with van der Waals surface area (Å²) in [5.41, 5.74) is 0. The van der Waals surface area contributed by atoms with E-state index >= 15 is 0 Å². The average molecular weight is 287 g/mol. The zero-order chi connectivity index (χ0) is 15.0. The predicted molar refractivity (Wildman–Crippen MR) is 74.5 cm³/mol. The van der Waals surface area contributed by atoms with E-state index in [4.69, 9.17) is 10.2 Å². The number of carboxylic acids is 1. The standard InChI is InChI=1S/C13H25N3O4/c1-16(10-4-2-3-5-10)9-8-15-13(20)14-7-6-11(17)12(18)19/h10-11,17H,2-9H2,1H3,(H,18,19)(H2,14,15,20)/t11-/m0/s1. The Kier molecular flexibility index (Phi) is 7.32. The third-order valence-corrected chi connectivity index (χ3v) is 3.69. The van der Waals surface area contributed by atoms with Crippen LogP contribution in [0.5, 0.6) is 0 Å². The molecule has 116 valence electrons. The highest BCUT2D eigenvalue weighted by Crippen LogP contribution is 2.21. The molecular formula is C13H25N3O4. The topological polar surface area (TPSA) is 102 Å². The Morgan fingerprint density at radius 2 is 1.85 bits per heavy atom. The molecule has 1 rings (SSSR count). The van der Waals surface area contributed by atoms with Crippen molar-refractivity contribution >= 4 is 12.0 Å². The fraction of sp³-hybridized carbons (Fsp3) is 0.846. The van der Waals surface area contributed by atoms with Gasteiger partial charge in [-0.1, -0.05) is 12.8 Å². The second-order valence-electron chi connectivity index (χ2n) is 5.24. The molecule has 4 N–H and O–H groups in total. The summed E-state index contributed by atoms with van der Waals surface area (Å²) in [5.74, 6) is -1.27. The van der Waals surface area contributed by atoms with Crippen LogP contribution in [-0.2, 0) is 4.79 Å². The van der Waals surface area contributed by atoms with E-state index in [-0.39, 0.29) is 19.0 Å². The Morgan fingerprint density at radius 1 is 1.25 bits per heavy atom. The summed E-state index contributed by atoms with van der Waals surface area (Å²) in [6.45, 7) is 1.49. The van der Waals surface area contributed by atoms with Crippen molar-refractivity contribution in [1.82, 2.24) is 15.5 Å². The van der Waals surface area contributed by atoms with Crippen molar-refractivity contribution in [2.45, 2.75) is 44.2 Å². The van der Waals surface area contributed by atoms with Gasteiger partial charge in [0.2, 0.25) is 0 Å². The number of carboxylic acid groups (broad SMARTS) is 1. The molecule has 0 aliphatic heterocycles. The monoisotopic (exact) mass is 287 g/mol. The van der Waals surface area contributed by atoms with Crippen LogP contribution in [0, 0.1) is 0 Å². The van der Waals surface area contributed by atoms with Gasteiger partial charge in [0.25, 0.3) is 0 Å². The van der Waals surface area contributed by atoms with Crippen molar-refractivity contribution in [3.63, 3.8) is 0 Å². The van der Waals surface area contributed by atoms with Gasteiger partial charge >= 0.3 is 12.0 Å². The van der Waals surface area contributed by atoms with Crippen LogP contribution in [0.2, 0.25) is 0 Å². The first-order valence-electron chi connectivity index (χ1n) is 7.13. The number of urea groups is 1. The third kappa shape index (κ3) is 6.21. The Balaban J connectivity index is 2.03. The maximum absolute atomic E-state index is 11.4. The molecule has 1 saturated carbocycles. The van der Waals surface area contributed by atoms with E-state index in [1.54, 1.807) is 0 Å². The number of likely N-dealkylation sites (N-methyl/N-ethyl adjacent to an activating group) is 1. The molecule has 0 bridgehead atoms. The van der Waals surface area contributed by atoms with E-state index in [2.05, 4.69) is 22.6 Å². The molecule has 0 heterocycles. The lowest BCUT2D eigenvalue weighted by atomic mass is 10.2. The number of carbonyl (C=O) groups is 2. The number of nitrogens with zero attached hydrogens (tertiary/aromatic N) is 1. The summed E-state index contributed by atoms with van der Waals surface area (Å²) < 4.78 is 0. The van der Waals surface area contributed by atoms with Crippen LogP contribution in [-0.4, -0.2) is 65.9 Å². The molecule has 0 aromatic heterocycles. The zero-order valence-electron chi connectivity index (χ0n) is 12.0. The number of hydrogen-bond donors (Lipinski definition) is 4. The van der Waals surface area contributed by atoms with Crippen LogP contribution < -0.4 is 10.6 Å². The molecule has 0 saturated heterocycles. The lowest BCUT2D eigenvalue weighted by molar-refractivity contribution is -0.146. The lowest BCUT2D eigenvalue weighted by Gasteiger charge is -2.23. The van der Waals surface area contributed by atoms with Gasteiger partial charge in [0.15, 0.2) is 6.10 Å². The summed E-state index contributed by atoms with van der Waals surface area (Å²) in [4.78, 5) is 24.1. The molecule has 1 atom stereocenters. The normalized spacial score (nSPS) is 17.1. The minimum atomic E-state index is -1.43. The lowest BCUT2D eigenvalue weighted by Crippen LogP contribution is -2.42. The highest BCUT2D eigenvalue weighted by Gasteiger charge is 2.19. The molecular weight excluding hydrogens is 262 g/mol. The Bertz CT molecular complexity index is 319. The number of rotatable bonds is 8. The van der Waals surface area contributed by atoms with Crippen molar-refractivity contribution in [2.75, 3.05) is 26.7 Å². The summed E-state index contributed by atoms with van der Waals surface area (Å²) in [6, 6.07) is 0.299. The largest absolute Gasteiger partial charge is 0.479 e. The van der Waals surface area contributed by atoms with Crippen LogP contribution in [0.1, 0.15) is 32.1 Å². The van der Waals surface area contributed by atoms with Crippen molar-refractivity contribution in [3.05, 3.63) is 0 Å². The van der Waals surface area contributed by atoms with Gasteiger partial charge in [-0.25, -0.2) is 9.59 Å². The van der Waals surface area contributed by atoms with Crippen LogP contribution in [0.4, 0.5) is 4.79 Å². The van der Waals surface area contributed by atoms with Gasteiger partial charge < -0.3 is 25.7 Å². The molecule has 2 amide bonds. The third-order valence-electron chi connectivity index (χ3n) is 3.69. The van der Waals surface area contributed by atoms with Gasteiger partial charge in [0.05, 0.1) is 0 Å². The molecule has 0 aromatic rings. The number of aliphatic hydroxyl groups excluding tert-OH is 1. The molecule has 20 heavy (non-hydrogen) atoms. The average Bonchev–Trinajstić information content (AvgIpc) is 2.92. The zero-order valence-corrected chi connectivity index (χ0v) is 12.0. The molecule has 0 unspecified atom stereocenters. The first-order valence-corrected chi connectivity index (χ1v) is 7.13. The predicted octanol–water partition coefficient (Wildman–Crippen LogP) is -0.00440. The first kappa shape index (κ1) is 16.7. The Hall–Kier alpha value is -1.34. The molecule has 0 spiro atoms. The number of nitrogens with one attached hydrogen (secondary N) is 2. The maximum Gasteiger partial charge on any atom is 0.332 e. The minimum absolute atomic E-state index is 0.00469. The number of hydrogen-bond acceptors (Lipinski definition) is 4. The molecule has 7 heteroatoms. The summed E-state index contributed by atoms with van der Waals surface area (Å²) in [5, 5.41) is 22.7. The fourth-order valence-corrected chi connectivity index (χ4v) is 2.38. The second-order valence-corrected chi connectivity index (χ2v) is 5.24. The molecule has 0 radical (unpaired) electrons. The molecule has 7 nitrogen and oxygen atoms in total. The van der Waals surface area contributed by atoms with Crippen LogP contribution in [0.25, 0.3) is 0 Å². The molecule has 0 aromatic carbocycles. The van der Waals surface area contributed by atoms with E-state index in [0.29, 0.717) is 12.6 Å². The number of aliphatic hydroxyl groups is 1. The number of carbonyl (C=O) groups excluding carboxylic acids is 1. The second kappa shape index (κ2) is 8.76. The van der Waals surface area contributed by atoms with Gasteiger partial charge in [-0.2, -0.15) is 0 Å². The van der Waals surface area contributed by atoms with E-state index < -0.39 is 12.1 Å². The van der Waals surface area contributed by atoms with Crippen molar-refractivity contribution in [1.29, 1.82) is 0 Å². The van der Waals surface area contributed by atoms with Gasteiger partial charge in [-0.05, 0) is 19.9 Å². The number of amides is 2. The first-order chi connectivity index (χ1) is 9.50. The fourth-order valence-electron chi connectivity index (χ4n) is 2.38. The van der Waals surface area contributed by atoms with Gasteiger partial charge in [-0.3, -0.25) is 0 Å². The molecule has 1 aliphatic carbocycles. The van der Waals surface area contributed by atoms with E-state index in [1.165, 1.54) is 25.7 Å². The Morgan fingerprint density at radius 3 is 2.45 bits per heavy atom.